The Morgan fingerprint density at radius 1 is 1.35 bits per heavy atom. The smallest absolute Gasteiger partial charge is 0.0752 e. The molecule has 88 valence electrons. The zero-order chi connectivity index (χ0) is 11.8. The van der Waals surface area contributed by atoms with Crippen molar-refractivity contribution in [3.8, 4) is 0 Å². The molecular formula is C14H15ClN2. The van der Waals surface area contributed by atoms with Gasteiger partial charge in [-0.25, -0.2) is 0 Å². The molecule has 3 heteroatoms. The molecule has 0 spiro atoms. The van der Waals surface area contributed by atoms with E-state index in [0.717, 1.165) is 22.5 Å². The second-order valence-electron chi connectivity index (χ2n) is 4.78. The number of hydrogen-bond donors (Lipinski definition) is 1. The summed E-state index contributed by atoms with van der Waals surface area (Å²) in [6.45, 7) is 3.26. The lowest BCUT2D eigenvalue weighted by Gasteiger charge is -2.12. The van der Waals surface area contributed by atoms with E-state index in [1.165, 1.54) is 12.0 Å². The molecule has 1 aliphatic rings. The van der Waals surface area contributed by atoms with E-state index in [9.17, 15) is 0 Å². The fourth-order valence-electron chi connectivity index (χ4n) is 2.66. The van der Waals surface area contributed by atoms with Crippen LogP contribution >= 0.6 is 11.6 Å². The molecule has 2 aromatic rings. The molecule has 2 nitrogen and oxygen atoms in total. The summed E-state index contributed by atoms with van der Waals surface area (Å²) in [7, 11) is 0. The van der Waals surface area contributed by atoms with Crippen LogP contribution in [0.25, 0.3) is 10.9 Å². The van der Waals surface area contributed by atoms with Crippen molar-refractivity contribution in [2.75, 3.05) is 6.54 Å². The molecule has 1 aromatic carbocycles. The van der Waals surface area contributed by atoms with E-state index in [4.69, 9.17) is 11.6 Å². The van der Waals surface area contributed by atoms with Crippen LogP contribution < -0.4 is 5.32 Å². The Hall–Kier alpha value is -1.12. The molecule has 2 atom stereocenters. The van der Waals surface area contributed by atoms with Gasteiger partial charge >= 0.3 is 0 Å². The number of fused-ring (bicyclic) bond motifs is 1. The van der Waals surface area contributed by atoms with Crippen LogP contribution in [0.15, 0.2) is 30.5 Å². The average Bonchev–Trinajstić information content (AvgIpc) is 2.77. The Kier molecular flexibility index (Phi) is 2.77. The van der Waals surface area contributed by atoms with Gasteiger partial charge in [-0.2, -0.15) is 0 Å². The quantitative estimate of drug-likeness (QED) is 0.835. The predicted octanol–water partition coefficient (Wildman–Crippen LogP) is 3.35. The highest BCUT2D eigenvalue weighted by atomic mass is 35.5. The normalized spacial score (nSPS) is 24.4. The van der Waals surface area contributed by atoms with E-state index in [2.05, 4.69) is 23.3 Å². The van der Waals surface area contributed by atoms with Gasteiger partial charge in [0.25, 0.3) is 0 Å². The van der Waals surface area contributed by atoms with Crippen molar-refractivity contribution < 1.29 is 0 Å². The number of aromatic nitrogens is 1. The Bertz CT molecular complexity index is 553. The molecule has 2 heterocycles. The van der Waals surface area contributed by atoms with E-state index >= 15 is 0 Å². The zero-order valence-corrected chi connectivity index (χ0v) is 10.5. The van der Waals surface area contributed by atoms with Crippen molar-refractivity contribution in [1.29, 1.82) is 0 Å². The minimum atomic E-state index is 0.555. The Morgan fingerprint density at radius 3 is 3.00 bits per heavy atom. The fraction of sp³-hybridized carbons (Fsp3) is 0.357. The number of nitrogens with zero attached hydrogens (tertiary/aromatic N) is 1. The monoisotopic (exact) mass is 246 g/mol. The van der Waals surface area contributed by atoms with Crippen LogP contribution in [0.4, 0.5) is 0 Å². The second-order valence-corrected chi connectivity index (χ2v) is 5.19. The summed E-state index contributed by atoms with van der Waals surface area (Å²) in [5.74, 6) is 0.555. The fourth-order valence-corrected chi connectivity index (χ4v) is 2.88. The number of nitrogens with one attached hydrogen (secondary N) is 1. The highest BCUT2D eigenvalue weighted by Crippen LogP contribution is 2.33. The van der Waals surface area contributed by atoms with Crippen LogP contribution in [0.2, 0.25) is 5.02 Å². The molecule has 0 aliphatic carbocycles. The summed E-state index contributed by atoms with van der Waals surface area (Å²) in [5.41, 5.74) is 2.38. The standard InChI is InChI=1S/C14H15ClN2/c1-9-7-10(8-17-9)11-4-5-13(15)12-3-2-6-16-14(11)12/h2-6,9-10,17H,7-8H2,1H3. The first kappa shape index (κ1) is 11.0. The van der Waals surface area contributed by atoms with E-state index in [-0.39, 0.29) is 0 Å². The minimum absolute atomic E-state index is 0.555. The topological polar surface area (TPSA) is 24.9 Å². The molecule has 0 bridgehead atoms. The van der Waals surface area contributed by atoms with Gasteiger partial charge in [0.15, 0.2) is 0 Å². The van der Waals surface area contributed by atoms with Crippen molar-refractivity contribution in [2.45, 2.75) is 25.3 Å². The summed E-state index contributed by atoms with van der Waals surface area (Å²) in [6.07, 6.45) is 3.02. The maximum Gasteiger partial charge on any atom is 0.0752 e. The van der Waals surface area contributed by atoms with Crippen LogP contribution in [-0.4, -0.2) is 17.6 Å². The van der Waals surface area contributed by atoms with E-state index in [1.54, 1.807) is 0 Å². The lowest BCUT2D eigenvalue weighted by atomic mass is 9.94. The van der Waals surface area contributed by atoms with E-state index in [1.807, 2.05) is 24.4 Å². The molecule has 3 rings (SSSR count). The first-order chi connectivity index (χ1) is 8.25. The first-order valence-corrected chi connectivity index (χ1v) is 6.40. The van der Waals surface area contributed by atoms with Crippen molar-refractivity contribution in [1.82, 2.24) is 10.3 Å². The zero-order valence-electron chi connectivity index (χ0n) is 9.78. The maximum absolute atomic E-state index is 6.21. The second kappa shape index (κ2) is 4.28. The molecule has 1 saturated heterocycles. The van der Waals surface area contributed by atoms with Crippen molar-refractivity contribution in [3.63, 3.8) is 0 Å². The molecule has 1 aromatic heterocycles. The van der Waals surface area contributed by atoms with Gasteiger partial charge in [-0.05, 0) is 43.0 Å². The van der Waals surface area contributed by atoms with Crippen LogP contribution in [0, 0.1) is 0 Å². The maximum atomic E-state index is 6.21. The van der Waals surface area contributed by atoms with Crippen molar-refractivity contribution >= 4 is 22.5 Å². The Morgan fingerprint density at radius 2 is 2.24 bits per heavy atom. The summed E-state index contributed by atoms with van der Waals surface area (Å²) in [4.78, 5) is 4.50. The van der Waals surface area contributed by atoms with Gasteiger partial charge in [-0.15, -0.1) is 0 Å². The van der Waals surface area contributed by atoms with Gasteiger partial charge in [0.1, 0.15) is 0 Å². The largest absolute Gasteiger partial charge is 0.314 e. The molecule has 0 amide bonds. The van der Waals surface area contributed by atoms with Gasteiger partial charge in [0.2, 0.25) is 0 Å². The number of benzene rings is 1. The number of pyridine rings is 1. The number of rotatable bonds is 1. The van der Waals surface area contributed by atoms with Crippen LogP contribution in [0.3, 0.4) is 0 Å². The molecule has 17 heavy (non-hydrogen) atoms. The van der Waals surface area contributed by atoms with Crippen LogP contribution in [0.5, 0.6) is 0 Å². The number of halogens is 1. The summed E-state index contributed by atoms with van der Waals surface area (Å²) >= 11 is 6.21. The molecule has 0 saturated carbocycles. The molecule has 2 unspecified atom stereocenters. The lowest BCUT2D eigenvalue weighted by molar-refractivity contribution is 0.659. The van der Waals surface area contributed by atoms with Gasteiger partial charge in [-0.3, -0.25) is 4.98 Å². The lowest BCUT2D eigenvalue weighted by Crippen LogP contribution is -2.16. The average molecular weight is 247 g/mol. The van der Waals surface area contributed by atoms with Gasteiger partial charge in [0.05, 0.1) is 5.52 Å². The molecule has 1 aliphatic heterocycles. The Labute approximate surface area is 106 Å². The Balaban J connectivity index is 2.14. The molecule has 1 fully saturated rings. The molecule has 1 N–H and O–H groups in total. The first-order valence-electron chi connectivity index (χ1n) is 6.02. The van der Waals surface area contributed by atoms with Crippen molar-refractivity contribution in [3.05, 3.63) is 41.0 Å². The summed E-state index contributed by atoms with van der Waals surface area (Å²) < 4.78 is 0. The number of hydrogen-bond acceptors (Lipinski definition) is 2. The van der Waals surface area contributed by atoms with E-state index in [0.29, 0.717) is 12.0 Å². The molecular weight excluding hydrogens is 232 g/mol. The minimum Gasteiger partial charge on any atom is -0.314 e. The SMILES string of the molecule is CC1CC(c2ccc(Cl)c3cccnc23)CN1. The molecule has 0 radical (unpaired) electrons. The highest BCUT2D eigenvalue weighted by Gasteiger charge is 2.24. The van der Waals surface area contributed by atoms with E-state index < -0.39 is 0 Å². The van der Waals surface area contributed by atoms with Crippen LogP contribution in [-0.2, 0) is 0 Å². The predicted molar refractivity (Wildman–Crippen MR) is 71.6 cm³/mol. The third kappa shape index (κ3) is 1.92. The van der Waals surface area contributed by atoms with Crippen LogP contribution in [0.1, 0.15) is 24.8 Å². The van der Waals surface area contributed by atoms with Gasteiger partial charge in [-0.1, -0.05) is 17.7 Å². The highest BCUT2D eigenvalue weighted by molar-refractivity contribution is 6.35. The van der Waals surface area contributed by atoms with Crippen molar-refractivity contribution in [2.24, 2.45) is 0 Å². The third-order valence-electron chi connectivity index (χ3n) is 3.54. The summed E-state index contributed by atoms with van der Waals surface area (Å²) in [6, 6.07) is 8.69. The summed E-state index contributed by atoms with van der Waals surface area (Å²) in [5, 5.41) is 5.34. The van der Waals surface area contributed by atoms with Gasteiger partial charge < -0.3 is 5.32 Å². The third-order valence-corrected chi connectivity index (χ3v) is 3.87. The van der Waals surface area contributed by atoms with Gasteiger partial charge in [0, 0.05) is 29.2 Å².